The molecule has 2 spiro atoms. The predicted octanol–water partition coefficient (Wildman–Crippen LogP) is 2.91. The van der Waals surface area contributed by atoms with E-state index >= 15 is 0 Å². The van der Waals surface area contributed by atoms with Crippen LogP contribution in [0.3, 0.4) is 0 Å². The Bertz CT molecular complexity index is 1140. The fourth-order valence-corrected chi connectivity index (χ4v) is 12.9. The first-order chi connectivity index (χ1) is 21.0. The normalized spacial score (nSPS) is 54.4. The van der Waals surface area contributed by atoms with E-state index in [-0.39, 0.29) is 52.3 Å². The van der Waals surface area contributed by atoms with Crippen molar-refractivity contribution >= 4 is 0 Å². The van der Waals surface area contributed by atoms with Crippen LogP contribution in [0.4, 0.5) is 0 Å². The Balaban J connectivity index is 1.23. The maximum absolute atomic E-state index is 12.1. The highest BCUT2D eigenvalue weighted by Crippen LogP contribution is 2.89. The summed E-state index contributed by atoms with van der Waals surface area (Å²) in [5.41, 5.74) is 0.579. The summed E-state index contributed by atoms with van der Waals surface area (Å²) in [7, 11) is 0. The molecule has 9 heteroatoms. The van der Waals surface area contributed by atoms with Gasteiger partial charge in [-0.3, -0.25) is 0 Å². The van der Waals surface area contributed by atoms with E-state index in [1.165, 1.54) is 0 Å². The van der Waals surface area contributed by atoms with E-state index in [1.54, 1.807) is 0 Å². The lowest BCUT2D eigenvalue weighted by Crippen LogP contribution is -2.63. The van der Waals surface area contributed by atoms with Gasteiger partial charge in [-0.25, -0.2) is 0 Å². The molecule has 1 heterocycles. The molecule has 5 aliphatic carbocycles. The topological polar surface area (TPSA) is 160 Å². The first-order valence-corrected chi connectivity index (χ1v) is 17.6. The van der Waals surface area contributed by atoms with Gasteiger partial charge in [0.05, 0.1) is 31.5 Å². The van der Waals surface area contributed by atoms with Crippen LogP contribution in [0.1, 0.15) is 99.3 Å². The summed E-state index contributed by atoms with van der Waals surface area (Å²) in [5, 5.41) is 74.2. The first kappa shape index (κ1) is 34.3. The summed E-state index contributed by atoms with van der Waals surface area (Å²) in [6, 6.07) is 0. The van der Waals surface area contributed by atoms with Gasteiger partial charge in [0.2, 0.25) is 0 Å². The van der Waals surface area contributed by atoms with Gasteiger partial charge in [0.15, 0.2) is 6.29 Å². The molecule has 6 fully saturated rings. The SMILES string of the molecule is C/C(=C\CC[C@@H](C)[C@H]1[C@@H](O)C[C@@]2(C)[C@H]3C[C@H](O)[C@@H]4C(C)(C)[C@@H](O[C@@H]5O[C@H](CO)[C@@H](O)[C@H](O)[C@H]5O)CC[C@@]45C[C@@]35CC[C@]12C)CO. The van der Waals surface area contributed by atoms with Gasteiger partial charge < -0.3 is 45.2 Å². The number of hydrogen-bond donors (Lipinski definition) is 7. The second-order valence-electron chi connectivity index (χ2n) is 17.4. The van der Waals surface area contributed by atoms with Crippen molar-refractivity contribution in [2.45, 2.75) is 148 Å². The summed E-state index contributed by atoms with van der Waals surface area (Å²) in [5.74, 6) is 0.885. The summed E-state index contributed by atoms with van der Waals surface area (Å²) >= 11 is 0. The van der Waals surface area contributed by atoms with E-state index in [1.807, 2.05) is 6.92 Å². The molecule has 45 heavy (non-hydrogen) atoms. The van der Waals surface area contributed by atoms with E-state index in [0.29, 0.717) is 18.3 Å². The van der Waals surface area contributed by atoms with Crippen molar-refractivity contribution in [1.29, 1.82) is 0 Å². The van der Waals surface area contributed by atoms with E-state index in [4.69, 9.17) is 9.47 Å². The Labute approximate surface area is 269 Å². The van der Waals surface area contributed by atoms with Crippen molar-refractivity contribution in [2.75, 3.05) is 13.2 Å². The summed E-state index contributed by atoms with van der Waals surface area (Å²) in [6.07, 6.45) is 2.61. The van der Waals surface area contributed by atoms with Crippen molar-refractivity contribution in [3.05, 3.63) is 11.6 Å². The molecule has 0 unspecified atom stereocenters. The van der Waals surface area contributed by atoms with Crippen LogP contribution in [0.5, 0.6) is 0 Å². The molecule has 16 atom stereocenters. The van der Waals surface area contributed by atoms with Gasteiger partial charge >= 0.3 is 0 Å². The quantitative estimate of drug-likeness (QED) is 0.157. The zero-order valence-electron chi connectivity index (χ0n) is 28.2. The van der Waals surface area contributed by atoms with Crippen LogP contribution >= 0.6 is 0 Å². The predicted molar refractivity (Wildman–Crippen MR) is 168 cm³/mol. The van der Waals surface area contributed by atoms with Gasteiger partial charge in [0.25, 0.3) is 0 Å². The number of allylic oxidation sites excluding steroid dienone is 1. The van der Waals surface area contributed by atoms with E-state index in [2.05, 4.69) is 40.7 Å². The number of aliphatic hydroxyl groups is 7. The molecule has 0 aromatic heterocycles. The number of rotatable bonds is 8. The van der Waals surface area contributed by atoms with Crippen LogP contribution in [-0.4, -0.2) is 98.0 Å². The average Bonchev–Trinajstić information content (AvgIpc) is 3.57. The maximum atomic E-state index is 12.1. The zero-order chi connectivity index (χ0) is 32.9. The molecule has 6 rings (SSSR count). The molecule has 0 radical (unpaired) electrons. The standard InChI is InChI=1S/C36H60O9/c1-19(16-37)8-7-9-20(2)26-22(40)15-34(6)24-14-21(39)30-32(3,4)25(45-31-29(43)28(42)27(41)23(17-38)44-31)10-11-36(30)18-35(24,36)13-12-33(26,34)5/h8,20-31,37-43H,7,9-18H2,1-6H3/b19-8+/t20-,21+,22+,23-,24-,25+,26+,27-,28+,29-,30-,31+,33-,34+,35+,36-/m1/s1. The Morgan fingerprint density at radius 3 is 2.29 bits per heavy atom. The third kappa shape index (κ3) is 4.73. The van der Waals surface area contributed by atoms with Crippen molar-refractivity contribution in [2.24, 2.45) is 50.7 Å². The molecule has 1 saturated heterocycles. The molecule has 6 aliphatic rings. The van der Waals surface area contributed by atoms with E-state index in [0.717, 1.165) is 56.9 Å². The highest BCUT2D eigenvalue weighted by molar-refractivity contribution is 5.32. The number of ether oxygens (including phenoxy) is 2. The molecule has 0 amide bonds. The Kier molecular flexibility index (Phi) is 8.74. The van der Waals surface area contributed by atoms with Crippen LogP contribution in [0.25, 0.3) is 0 Å². The Morgan fingerprint density at radius 2 is 1.62 bits per heavy atom. The molecular formula is C36H60O9. The molecule has 0 aromatic rings. The Hall–Kier alpha value is -0.620. The van der Waals surface area contributed by atoms with Crippen molar-refractivity contribution in [3.63, 3.8) is 0 Å². The first-order valence-electron chi connectivity index (χ1n) is 17.6. The number of hydrogen-bond acceptors (Lipinski definition) is 9. The monoisotopic (exact) mass is 636 g/mol. The molecule has 0 aromatic carbocycles. The maximum Gasteiger partial charge on any atom is 0.186 e. The minimum absolute atomic E-state index is 0.000313. The van der Waals surface area contributed by atoms with Gasteiger partial charge in [-0.15, -0.1) is 0 Å². The fourth-order valence-electron chi connectivity index (χ4n) is 12.9. The summed E-state index contributed by atoms with van der Waals surface area (Å²) < 4.78 is 12.1. The molecule has 258 valence electrons. The highest BCUT2D eigenvalue weighted by atomic mass is 16.7. The van der Waals surface area contributed by atoms with Crippen LogP contribution in [0.2, 0.25) is 0 Å². The van der Waals surface area contributed by atoms with Crippen LogP contribution in [0, 0.1) is 50.7 Å². The zero-order valence-corrected chi connectivity index (χ0v) is 28.2. The van der Waals surface area contributed by atoms with Gasteiger partial charge in [0, 0.05) is 0 Å². The second kappa shape index (κ2) is 11.5. The molecule has 9 nitrogen and oxygen atoms in total. The lowest BCUT2D eigenvalue weighted by atomic mass is 9.41. The third-order valence-corrected chi connectivity index (χ3v) is 15.2. The molecule has 5 saturated carbocycles. The van der Waals surface area contributed by atoms with Crippen LogP contribution < -0.4 is 0 Å². The average molecular weight is 637 g/mol. The highest BCUT2D eigenvalue weighted by Gasteiger charge is 2.84. The van der Waals surface area contributed by atoms with Gasteiger partial charge in [-0.1, -0.05) is 46.3 Å². The molecular weight excluding hydrogens is 576 g/mol. The van der Waals surface area contributed by atoms with Gasteiger partial charge in [-0.2, -0.15) is 0 Å². The molecule has 0 bridgehead atoms. The largest absolute Gasteiger partial charge is 0.394 e. The fraction of sp³-hybridized carbons (Fsp3) is 0.944. The van der Waals surface area contributed by atoms with Crippen LogP contribution in [-0.2, 0) is 9.47 Å². The van der Waals surface area contributed by atoms with E-state index in [9.17, 15) is 35.7 Å². The Morgan fingerprint density at radius 1 is 0.911 bits per heavy atom. The third-order valence-electron chi connectivity index (χ3n) is 15.2. The summed E-state index contributed by atoms with van der Waals surface area (Å²) in [6.45, 7) is 13.0. The van der Waals surface area contributed by atoms with Crippen molar-refractivity contribution < 1.29 is 45.2 Å². The lowest BCUT2D eigenvalue weighted by molar-refractivity contribution is -0.329. The smallest absolute Gasteiger partial charge is 0.186 e. The summed E-state index contributed by atoms with van der Waals surface area (Å²) in [4.78, 5) is 0. The van der Waals surface area contributed by atoms with E-state index < -0.39 is 48.8 Å². The van der Waals surface area contributed by atoms with Gasteiger partial charge in [-0.05, 0) is 115 Å². The number of aliphatic hydroxyl groups excluding tert-OH is 7. The molecule has 7 N–H and O–H groups in total. The van der Waals surface area contributed by atoms with Crippen LogP contribution in [0.15, 0.2) is 11.6 Å². The van der Waals surface area contributed by atoms with Gasteiger partial charge in [0.1, 0.15) is 24.4 Å². The minimum Gasteiger partial charge on any atom is -0.394 e. The van der Waals surface area contributed by atoms with Crippen molar-refractivity contribution in [3.8, 4) is 0 Å². The number of fused-ring (bicyclic) bond motifs is 2. The van der Waals surface area contributed by atoms with Crippen molar-refractivity contribution in [1.82, 2.24) is 0 Å². The minimum atomic E-state index is -1.49. The second-order valence-corrected chi connectivity index (χ2v) is 17.4. The molecule has 1 aliphatic heterocycles. The lowest BCUT2D eigenvalue weighted by Gasteiger charge is -2.64.